The largest absolute Gasteiger partial charge is 0.486 e. The highest BCUT2D eigenvalue weighted by Gasteiger charge is 2.44. The minimum Gasteiger partial charge on any atom is -0.486 e. The van der Waals surface area contributed by atoms with Gasteiger partial charge >= 0.3 is 0 Å². The lowest BCUT2D eigenvalue weighted by Gasteiger charge is -2.44. The number of likely N-dealkylation sites (tertiary alicyclic amines) is 1. The number of aryl methyl sites for hydroxylation is 1. The van der Waals surface area contributed by atoms with Gasteiger partial charge in [-0.3, -0.25) is 9.59 Å². The molecule has 0 saturated carbocycles. The fourth-order valence-electron chi connectivity index (χ4n) is 3.81. The predicted octanol–water partition coefficient (Wildman–Crippen LogP) is 5.05. The van der Waals surface area contributed by atoms with Crippen LogP contribution in [0.2, 0.25) is 5.02 Å². The molecule has 2 aliphatic heterocycles. The molecule has 1 spiro atoms. The SMILES string of the molecule is Cc1cc2c(cc1Cl)C(=O)CC1(CCN(C(=O)c3cccc(Br)c3)CC1)O2. The van der Waals surface area contributed by atoms with Crippen molar-refractivity contribution in [3.63, 3.8) is 0 Å². The van der Waals surface area contributed by atoms with Crippen molar-refractivity contribution in [2.45, 2.75) is 31.8 Å². The van der Waals surface area contributed by atoms with E-state index in [4.69, 9.17) is 16.3 Å². The summed E-state index contributed by atoms with van der Waals surface area (Å²) < 4.78 is 7.18. The Morgan fingerprint density at radius 3 is 2.67 bits per heavy atom. The molecule has 2 heterocycles. The number of rotatable bonds is 1. The Balaban J connectivity index is 1.51. The minimum atomic E-state index is -0.529. The number of ether oxygens (including phenoxy) is 1. The van der Waals surface area contributed by atoms with E-state index in [1.54, 1.807) is 6.07 Å². The van der Waals surface area contributed by atoms with Gasteiger partial charge in [0.25, 0.3) is 5.91 Å². The van der Waals surface area contributed by atoms with E-state index < -0.39 is 5.60 Å². The minimum absolute atomic E-state index is 0.0105. The molecule has 4 nitrogen and oxygen atoms in total. The zero-order valence-corrected chi connectivity index (χ0v) is 17.3. The molecule has 0 bridgehead atoms. The first kappa shape index (κ1) is 18.5. The van der Waals surface area contributed by atoms with Gasteiger partial charge in [0, 0.05) is 41.0 Å². The van der Waals surface area contributed by atoms with E-state index in [-0.39, 0.29) is 11.7 Å². The van der Waals surface area contributed by atoms with Crippen LogP contribution in [0.5, 0.6) is 5.75 Å². The summed E-state index contributed by atoms with van der Waals surface area (Å²) in [7, 11) is 0. The van der Waals surface area contributed by atoms with Crippen LogP contribution in [0.25, 0.3) is 0 Å². The van der Waals surface area contributed by atoms with Gasteiger partial charge in [-0.25, -0.2) is 0 Å². The third-order valence-corrected chi connectivity index (χ3v) is 6.30. The standard InChI is InChI=1S/C21H19BrClNO3/c1-13-9-19-16(11-17(13)23)18(25)12-21(27-19)5-7-24(8-6-21)20(26)14-3-2-4-15(22)10-14/h2-4,9-11H,5-8,12H2,1H3. The van der Waals surface area contributed by atoms with Gasteiger partial charge in [-0.15, -0.1) is 0 Å². The predicted molar refractivity (Wildman–Crippen MR) is 108 cm³/mol. The van der Waals surface area contributed by atoms with E-state index in [9.17, 15) is 9.59 Å². The fourth-order valence-corrected chi connectivity index (χ4v) is 4.38. The highest BCUT2D eigenvalue weighted by molar-refractivity contribution is 9.10. The maximum absolute atomic E-state index is 12.8. The topological polar surface area (TPSA) is 46.6 Å². The molecule has 1 fully saturated rings. The van der Waals surface area contributed by atoms with Crippen LogP contribution in [0.3, 0.4) is 0 Å². The second-order valence-electron chi connectivity index (χ2n) is 7.29. The Morgan fingerprint density at radius 1 is 1.22 bits per heavy atom. The quantitative estimate of drug-likeness (QED) is 0.613. The first-order valence-corrected chi connectivity index (χ1v) is 10.1. The van der Waals surface area contributed by atoms with E-state index >= 15 is 0 Å². The summed E-state index contributed by atoms with van der Waals surface area (Å²) in [6.07, 6.45) is 1.61. The summed E-state index contributed by atoms with van der Waals surface area (Å²) in [5.74, 6) is 0.682. The van der Waals surface area contributed by atoms with Crippen molar-refractivity contribution < 1.29 is 14.3 Å². The summed E-state index contributed by atoms with van der Waals surface area (Å²) in [5.41, 5.74) is 1.58. The maximum atomic E-state index is 12.8. The number of hydrogen-bond acceptors (Lipinski definition) is 3. The van der Waals surface area contributed by atoms with E-state index in [2.05, 4.69) is 15.9 Å². The van der Waals surface area contributed by atoms with Crippen LogP contribution in [-0.4, -0.2) is 35.3 Å². The zero-order chi connectivity index (χ0) is 19.2. The molecule has 0 aromatic heterocycles. The normalized spacial score (nSPS) is 18.2. The maximum Gasteiger partial charge on any atom is 0.253 e. The smallest absolute Gasteiger partial charge is 0.253 e. The van der Waals surface area contributed by atoms with E-state index in [1.165, 1.54) is 0 Å². The van der Waals surface area contributed by atoms with E-state index in [0.717, 1.165) is 10.0 Å². The van der Waals surface area contributed by atoms with Gasteiger partial charge in [-0.1, -0.05) is 33.6 Å². The molecular weight excluding hydrogens is 430 g/mol. The number of nitrogens with zero attached hydrogens (tertiary/aromatic N) is 1. The van der Waals surface area contributed by atoms with Crippen molar-refractivity contribution in [2.75, 3.05) is 13.1 Å². The summed E-state index contributed by atoms with van der Waals surface area (Å²) in [6, 6.07) is 10.9. The lowest BCUT2D eigenvalue weighted by Crippen LogP contribution is -2.52. The highest BCUT2D eigenvalue weighted by atomic mass is 79.9. The van der Waals surface area contributed by atoms with Crippen LogP contribution in [0.1, 0.15) is 45.5 Å². The van der Waals surface area contributed by atoms with E-state index in [1.807, 2.05) is 42.2 Å². The van der Waals surface area contributed by atoms with Crippen molar-refractivity contribution in [3.05, 3.63) is 62.6 Å². The number of carbonyl (C=O) groups is 2. The first-order chi connectivity index (χ1) is 12.9. The fraction of sp³-hybridized carbons (Fsp3) is 0.333. The number of amides is 1. The lowest BCUT2D eigenvalue weighted by molar-refractivity contribution is -0.00573. The summed E-state index contributed by atoms with van der Waals surface area (Å²) in [5, 5.41) is 0.580. The number of benzene rings is 2. The molecule has 0 unspecified atom stereocenters. The molecule has 2 aromatic rings. The average Bonchev–Trinajstić information content (AvgIpc) is 2.64. The molecule has 0 aliphatic carbocycles. The highest BCUT2D eigenvalue weighted by Crippen LogP contribution is 2.41. The Kier molecular flexibility index (Phi) is 4.77. The molecule has 140 valence electrons. The van der Waals surface area contributed by atoms with Crippen LogP contribution in [0, 0.1) is 6.92 Å². The number of piperidine rings is 1. The molecule has 6 heteroatoms. The van der Waals surface area contributed by atoms with Crippen molar-refractivity contribution in [1.29, 1.82) is 0 Å². The number of fused-ring (bicyclic) bond motifs is 1. The summed E-state index contributed by atoms with van der Waals surface area (Å²) >= 11 is 9.56. The molecule has 1 saturated heterocycles. The van der Waals surface area contributed by atoms with Crippen molar-refractivity contribution in [3.8, 4) is 5.75 Å². The molecule has 27 heavy (non-hydrogen) atoms. The Labute approximate surface area is 171 Å². The first-order valence-electron chi connectivity index (χ1n) is 8.94. The number of carbonyl (C=O) groups excluding carboxylic acids is 2. The Morgan fingerprint density at radius 2 is 1.96 bits per heavy atom. The molecule has 0 radical (unpaired) electrons. The number of hydrogen-bond donors (Lipinski definition) is 0. The van der Waals surface area contributed by atoms with Gasteiger partial charge < -0.3 is 9.64 Å². The molecule has 2 aromatic carbocycles. The molecular formula is C21H19BrClNO3. The van der Waals surface area contributed by atoms with Gasteiger partial charge in [0.2, 0.25) is 0 Å². The van der Waals surface area contributed by atoms with Gasteiger partial charge in [0.1, 0.15) is 11.4 Å². The van der Waals surface area contributed by atoms with Crippen molar-refractivity contribution >= 4 is 39.2 Å². The monoisotopic (exact) mass is 447 g/mol. The molecule has 4 rings (SSSR count). The molecule has 1 amide bonds. The van der Waals surface area contributed by atoms with Crippen molar-refractivity contribution in [1.82, 2.24) is 4.90 Å². The second kappa shape index (κ2) is 6.95. The van der Waals surface area contributed by atoms with Crippen LogP contribution in [0.15, 0.2) is 40.9 Å². The summed E-state index contributed by atoms with van der Waals surface area (Å²) in [6.45, 7) is 3.04. The van der Waals surface area contributed by atoms with Crippen LogP contribution in [0.4, 0.5) is 0 Å². The van der Waals surface area contributed by atoms with Crippen LogP contribution < -0.4 is 4.74 Å². The molecule has 0 N–H and O–H groups in total. The van der Waals surface area contributed by atoms with Crippen LogP contribution >= 0.6 is 27.5 Å². The van der Waals surface area contributed by atoms with Gasteiger partial charge in [0.05, 0.1) is 12.0 Å². The molecule has 0 atom stereocenters. The average molecular weight is 449 g/mol. The molecule has 2 aliphatic rings. The number of Topliss-reactive ketones (excluding diaryl/α,β-unsaturated/α-hetero) is 1. The van der Waals surface area contributed by atoms with Gasteiger partial charge in [-0.05, 0) is 42.8 Å². The zero-order valence-electron chi connectivity index (χ0n) is 14.9. The van der Waals surface area contributed by atoms with Crippen molar-refractivity contribution in [2.24, 2.45) is 0 Å². The third-order valence-electron chi connectivity index (χ3n) is 5.40. The second-order valence-corrected chi connectivity index (χ2v) is 8.61. The lowest BCUT2D eigenvalue weighted by atomic mass is 9.82. The van der Waals surface area contributed by atoms with E-state index in [0.29, 0.717) is 54.3 Å². The van der Waals surface area contributed by atoms with Gasteiger partial charge in [0.15, 0.2) is 5.78 Å². The number of ketones is 1. The van der Waals surface area contributed by atoms with Gasteiger partial charge in [-0.2, -0.15) is 0 Å². The third kappa shape index (κ3) is 3.50. The Hall–Kier alpha value is -1.85. The van der Waals surface area contributed by atoms with Crippen LogP contribution in [-0.2, 0) is 0 Å². The number of halogens is 2. The summed E-state index contributed by atoms with van der Waals surface area (Å²) in [4.78, 5) is 27.3. The Bertz CT molecular complexity index is 935.